The molecule has 0 aromatic rings. The van der Waals surface area contributed by atoms with Gasteiger partial charge in [0.15, 0.2) is 0 Å². The first-order valence-electron chi connectivity index (χ1n) is 14.8. The molecule has 1 aliphatic carbocycles. The van der Waals surface area contributed by atoms with Crippen LogP contribution in [0.3, 0.4) is 0 Å². The summed E-state index contributed by atoms with van der Waals surface area (Å²) in [6, 6.07) is 1.59. The van der Waals surface area contributed by atoms with Crippen molar-refractivity contribution in [1.82, 2.24) is 20.4 Å². The number of nitrogens with two attached hydrogens (primary N) is 1. The molecule has 224 valence electrons. The number of aliphatic imine (C=N–C) groups is 1. The Morgan fingerprint density at radius 1 is 1.12 bits per heavy atom. The summed E-state index contributed by atoms with van der Waals surface area (Å²) < 4.78 is 10.8. The maximum Gasteiger partial charge on any atom is 0.413 e. The number of piperidine rings is 1. The molecule has 0 bridgehead atoms. The van der Waals surface area contributed by atoms with Crippen LogP contribution < -0.4 is 16.4 Å². The number of carbonyl (C=O) groups is 3. The third-order valence-electron chi connectivity index (χ3n) is 7.89. The Balaban J connectivity index is 1.78. The minimum atomic E-state index is -1.01. The van der Waals surface area contributed by atoms with E-state index in [2.05, 4.69) is 21.6 Å². The van der Waals surface area contributed by atoms with E-state index in [1.54, 1.807) is 0 Å². The summed E-state index contributed by atoms with van der Waals surface area (Å²) >= 11 is 0. The molecule has 40 heavy (non-hydrogen) atoms. The lowest BCUT2D eigenvalue weighted by atomic mass is 9.84. The van der Waals surface area contributed by atoms with E-state index in [1.807, 2.05) is 18.7 Å². The number of ether oxygens (including phenoxy) is 2. The van der Waals surface area contributed by atoms with E-state index in [4.69, 9.17) is 20.2 Å². The molecule has 0 spiro atoms. The summed E-state index contributed by atoms with van der Waals surface area (Å²) in [6.07, 6.45) is 6.63. The van der Waals surface area contributed by atoms with Gasteiger partial charge in [-0.15, -0.1) is 0 Å². The quantitative estimate of drug-likeness (QED) is 0.268. The van der Waals surface area contributed by atoms with E-state index in [0.717, 1.165) is 25.7 Å². The molecule has 2 aliphatic heterocycles. The first-order chi connectivity index (χ1) is 19.2. The van der Waals surface area contributed by atoms with Gasteiger partial charge in [0.1, 0.15) is 11.6 Å². The number of primary amides is 1. The highest BCUT2D eigenvalue weighted by Crippen LogP contribution is 2.29. The van der Waals surface area contributed by atoms with Gasteiger partial charge in [0.2, 0.25) is 17.8 Å². The first kappa shape index (κ1) is 31.6. The zero-order valence-corrected chi connectivity index (χ0v) is 24.2. The van der Waals surface area contributed by atoms with E-state index in [9.17, 15) is 19.6 Å². The van der Waals surface area contributed by atoms with Gasteiger partial charge in [0.25, 0.3) is 0 Å². The van der Waals surface area contributed by atoms with Crippen LogP contribution in [0, 0.1) is 23.2 Å². The second-order valence-electron chi connectivity index (χ2n) is 11.7. The largest absolute Gasteiger partial charge is 0.449 e. The Kier molecular flexibility index (Phi) is 12.5. The van der Waals surface area contributed by atoms with Gasteiger partial charge in [0.05, 0.1) is 25.9 Å². The second-order valence-corrected chi connectivity index (χ2v) is 11.7. The van der Waals surface area contributed by atoms with Crippen LogP contribution in [0.25, 0.3) is 0 Å². The van der Waals surface area contributed by atoms with E-state index in [-0.39, 0.29) is 30.8 Å². The van der Waals surface area contributed by atoms with Crippen LogP contribution >= 0.6 is 0 Å². The molecule has 0 radical (unpaired) electrons. The van der Waals surface area contributed by atoms with Crippen LogP contribution in [0.4, 0.5) is 4.79 Å². The lowest BCUT2D eigenvalue weighted by molar-refractivity contribution is -0.124. The van der Waals surface area contributed by atoms with Gasteiger partial charge in [-0.3, -0.25) is 14.9 Å². The smallest absolute Gasteiger partial charge is 0.413 e. The molecule has 3 aliphatic rings. The van der Waals surface area contributed by atoms with Crippen LogP contribution in [-0.2, 0) is 19.1 Å². The molecular weight excluding hydrogens is 514 g/mol. The number of nitriles is 1. The van der Waals surface area contributed by atoms with Crippen molar-refractivity contribution in [3.05, 3.63) is 0 Å². The summed E-state index contributed by atoms with van der Waals surface area (Å²) in [5, 5.41) is 16.0. The second kappa shape index (κ2) is 15.8. The fourth-order valence-electron chi connectivity index (χ4n) is 5.45. The van der Waals surface area contributed by atoms with Gasteiger partial charge >= 0.3 is 6.09 Å². The van der Waals surface area contributed by atoms with Gasteiger partial charge in [-0.25, -0.2) is 9.79 Å². The fourth-order valence-corrected chi connectivity index (χ4v) is 5.45. The van der Waals surface area contributed by atoms with Crippen molar-refractivity contribution >= 4 is 23.9 Å². The molecular formula is C28H47N7O5. The van der Waals surface area contributed by atoms with Gasteiger partial charge in [-0.1, -0.05) is 46.0 Å². The Labute approximate surface area is 238 Å². The molecule has 3 fully saturated rings. The molecule has 1 saturated carbocycles. The number of hydrogen-bond donors (Lipinski definition) is 3. The lowest BCUT2D eigenvalue weighted by Crippen LogP contribution is -2.57. The maximum absolute atomic E-state index is 13.8. The number of carbonyl (C=O) groups excluding carboxylic acids is 3. The summed E-state index contributed by atoms with van der Waals surface area (Å²) in [5.41, 5.74) is 4.28. The molecule has 3 rings (SSSR count). The number of alkyl carbamates (subject to hydrolysis) is 1. The topological polar surface area (TPSA) is 162 Å². The van der Waals surface area contributed by atoms with Crippen molar-refractivity contribution in [1.29, 1.82) is 5.26 Å². The number of amides is 3. The zero-order chi connectivity index (χ0) is 29.0. The number of morpholine rings is 1. The Morgan fingerprint density at radius 3 is 2.40 bits per heavy atom. The van der Waals surface area contributed by atoms with Crippen molar-refractivity contribution in [3.8, 4) is 6.07 Å². The van der Waals surface area contributed by atoms with E-state index in [1.165, 1.54) is 6.42 Å². The number of rotatable bonds is 10. The van der Waals surface area contributed by atoms with Crippen LogP contribution in [0.1, 0.15) is 71.6 Å². The molecule has 3 amide bonds. The van der Waals surface area contributed by atoms with Crippen LogP contribution in [0.15, 0.2) is 4.99 Å². The molecule has 1 atom stereocenters. The average Bonchev–Trinajstić information content (AvgIpc) is 2.96. The third-order valence-corrected chi connectivity index (χ3v) is 7.89. The Morgan fingerprint density at radius 2 is 1.80 bits per heavy atom. The molecule has 0 unspecified atom stereocenters. The third kappa shape index (κ3) is 10.2. The highest BCUT2D eigenvalue weighted by molar-refractivity contribution is 5.96. The Hall–Kier alpha value is -2.91. The highest BCUT2D eigenvalue weighted by atomic mass is 16.5. The summed E-state index contributed by atoms with van der Waals surface area (Å²) in [6.45, 7) is 7.95. The maximum atomic E-state index is 13.8. The fraction of sp³-hybridized carbons (Fsp3) is 0.821. The molecule has 12 nitrogen and oxygen atoms in total. The zero-order valence-electron chi connectivity index (χ0n) is 24.2. The number of likely N-dealkylation sites (tertiary alicyclic amines) is 1. The van der Waals surface area contributed by atoms with Crippen LogP contribution in [0.2, 0.25) is 0 Å². The molecule has 2 heterocycles. The minimum Gasteiger partial charge on any atom is -0.449 e. The minimum absolute atomic E-state index is 0.184. The van der Waals surface area contributed by atoms with Crippen molar-refractivity contribution in [2.45, 2.75) is 83.2 Å². The summed E-state index contributed by atoms with van der Waals surface area (Å²) in [7, 11) is 0. The standard InChI is InChI=1S/C28H47N7O5/c1-21(2)19-40-27(38)32-26(35-14-16-39-17-15-35)31-23(18-22-6-4-3-5-7-22)25(37)33-28(20-29)9-12-34(13-10-28)11-8-24(30)36/h21-23H,3-19H2,1-2H3,(H2,30,36)(H,33,37)(H,31,32,38)/t23-/m0/s1. The molecule has 0 aromatic heterocycles. The van der Waals surface area contributed by atoms with E-state index < -0.39 is 17.7 Å². The number of nitrogens with zero attached hydrogens (tertiary/aromatic N) is 4. The molecule has 4 N–H and O–H groups in total. The average molecular weight is 562 g/mol. The normalized spacial score (nSPS) is 21.4. The van der Waals surface area contributed by atoms with E-state index >= 15 is 0 Å². The summed E-state index contributed by atoms with van der Waals surface area (Å²) in [5.74, 6) is 0.178. The van der Waals surface area contributed by atoms with E-state index in [0.29, 0.717) is 77.1 Å². The van der Waals surface area contributed by atoms with Gasteiger partial charge in [0, 0.05) is 39.1 Å². The predicted molar refractivity (Wildman–Crippen MR) is 150 cm³/mol. The predicted octanol–water partition coefficient (Wildman–Crippen LogP) is 1.75. The van der Waals surface area contributed by atoms with Crippen LogP contribution in [-0.4, -0.2) is 97.8 Å². The molecule has 12 heteroatoms. The van der Waals surface area contributed by atoms with Gasteiger partial charge in [-0.05, 0) is 31.1 Å². The molecule has 0 aromatic carbocycles. The van der Waals surface area contributed by atoms with Crippen LogP contribution in [0.5, 0.6) is 0 Å². The Bertz CT molecular complexity index is 914. The van der Waals surface area contributed by atoms with Crippen molar-refractivity contribution in [2.24, 2.45) is 22.6 Å². The highest BCUT2D eigenvalue weighted by Gasteiger charge is 2.38. The van der Waals surface area contributed by atoms with Crippen molar-refractivity contribution < 1.29 is 23.9 Å². The van der Waals surface area contributed by atoms with Gasteiger partial charge in [-0.2, -0.15) is 5.26 Å². The monoisotopic (exact) mass is 561 g/mol. The van der Waals surface area contributed by atoms with Crippen molar-refractivity contribution in [3.63, 3.8) is 0 Å². The van der Waals surface area contributed by atoms with Crippen molar-refractivity contribution in [2.75, 3.05) is 52.5 Å². The SMILES string of the molecule is CC(C)COC(=O)NC(=N[C@@H](CC1CCCCC1)C(=O)NC1(C#N)CCN(CCC(N)=O)CC1)N1CCOCC1. The summed E-state index contributed by atoms with van der Waals surface area (Å²) in [4.78, 5) is 46.5. The van der Waals surface area contributed by atoms with Gasteiger partial charge < -0.3 is 30.3 Å². The number of hydrogen-bond acceptors (Lipinski definition) is 8. The number of guanidine groups is 1. The lowest BCUT2D eigenvalue weighted by Gasteiger charge is -2.38. The molecule has 2 saturated heterocycles. The number of nitrogens with one attached hydrogen (secondary N) is 2. The first-order valence-corrected chi connectivity index (χ1v) is 14.8.